The van der Waals surface area contributed by atoms with E-state index in [1.165, 1.54) is 15.9 Å². The quantitative estimate of drug-likeness (QED) is 0.0874. The van der Waals surface area contributed by atoms with Crippen LogP contribution in [0.15, 0.2) is 103 Å². The maximum absolute atomic E-state index is 16.2. The lowest BCUT2D eigenvalue weighted by Gasteiger charge is -2.29. The first kappa shape index (κ1) is 46.8. The maximum atomic E-state index is 16.2. The minimum Gasteiger partial charge on any atom is -0.444 e. The zero-order valence-corrected chi connectivity index (χ0v) is 37.9. The van der Waals surface area contributed by atoms with Crippen LogP contribution in [0.3, 0.4) is 0 Å². The number of amides is 6. The van der Waals surface area contributed by atoms with Crippen LogP contribution < -0.4 is 21.3 Å². The van der Waals surface area contributed by atoms with E-state index in [0.717, 1.165) is 0 Å². The summed E-state index contributed by atoms with van der Waals surface area (Å²) in [7, 11) is 0. The molecule has 2 aliphatic heterocycles. The van der Waals surface area contributed by atoms with Gasteiger partial charge in [0, 0.05) is 40.9 Å². The molecule has 7 rings (SSSR count). The zero-order chi connectivity index (χ0) is 47.3. The normalized spacial score (nSPS) is 17.1. The highest BCUT2D eigenvalue weighted by Gasteiger charge is 2.40. The summed E-state index contributed by atoms with van der Waals surface area (Å²) in [4.78, 5) is 87.2. The van der Waals surface area contributed by atoms with E-state index in [2.05, 4.69) is 26.3 Å². The second kappa shape index (κ2) is 19.5. The second-order valence-electron chi connectivity index (χ2n) is 18.5. The summed E-state index contributed by atoms with van der Waals surface area (Å²) < 4.78 is 27.0. The van der Waals surface area contributed by atoms with Gasteiger partial charge in [0.15, 0.2) is 5.82 Å². The van der Waals surface area contributed by atoms with Gasteiger partial charge in [0.2, 0.25) is 11.8 Å². The van der Waals surface area contributed by atoms with Gasteiger partial charge in [-0.1, -0.05) is 72.8 Å². The van der Waals surface area contributed by atoms with Gasteiger partial charge in [0.25, 0.3) is 11.8 Å². The molecular formula is C50H56FN7O8. The Bertz CT molecular complexity index is 2590. The van der Waals surface area contributed by atoms with Crippen molar-refractivity contribution < 1.29 is 42.6 Å². The Morgan fingerprint density at radius 2 is 1.06 bits per heavy atom. The highest BCUT2D eigenvalue weighted by Crippen LogP contribution is 2.33. The third kappa shape index (κ3) is 11.2. The summed E-state index contributed by atoms with van der Waals surface area (Å²) in [6, 6.07) is 25.2. The summed E-state index contributed by atoms with van der Waals surface area (Å²) in [6.45, 7) is 11.0. The van der Waals surface area contributed by atoms with E-state index in [9.17, 15) is 28.8 Å². The second-order valence-corrected chi connectivity index (χ2v) is 18.5. The van der Waals surface area contributed by atoms with E-state index in [4.69, 9.17) is 9.47 Å². The Hall–Kier alpha value is -7.23. The number of hydrogen-bond donors (Lipinski definition) is 5. The van der Waals surface area contributed by atoms with Crippen molar-refractivity contribution >= 4 is 58.1 Å². The van der Waals surface area contributed by atoms with Crippen LogP contribution in [-0.4, -0.2) is 87.0 Å². The summed E-state index contributed by atoms with van der Waals surface area (Å²) in [5, 5.41) is 11.4. The molecule has 2 aliphatic rings. The van der Waals surface area contributed by atoms with Gasteiger partial charge in [0.1, 0.15) is 35.4 Å². The number of H-pyrrole nitrogens is 1. The van der Waals surface area contributed by atoms with E-state index in [-0.39, 0.29) is 11.1 Å². The molecule has 0 saturated carbocycles. The molecule has 4 aromatic carbocycles. The Balaban J connectivity index is 1.01. The van der Waals surface area contributed by atoms with E-state index in [1.54, 1.807) is 139 Å². The monoisotopic (exact) mass is 901 g/mol. The van der Waals surface area contributed by atoms with Gasteiger partial charge >= 0.3 is 12.2 Å². The van der Waals surface area contributed by atoms with Gasteiger partial charge in [-0.25, -0.2) is 14.0 Å². The topological polar surface area (TPSA) is 191 Å². The lowest BCUT2D eigenvalue weighted by atomic mass is 10.0. The number of likely N-dealkylation sites (tertiary alicyclic amines) is 2. The number of aromatic nitrogens is 1. The fraction of sp³-hybridized carbons (Fsp3) is 0.360. The molecular weight excluding hydrogens is 846 g/mol. The van der Waals surface area contributed by atoms with Crippen molar-refractivity contribution in [1.82, 2.24) is 25.4 Å². The van der Waals surface area contributed by atoms with Crippen LogP contribution in [0, 0.1) is 5.82 Å². The molecule has 2 fully saturated rings. The van der Waals surface area contributed by atoms with Crippen LogP contribution in [0.4, 0.5) is 25.4 Å². The highest BCUT2D eigenvalue weighted by molar-refractivity contribution is 6.01. The number of benzene rings is 4. The molecule has 5 aromatic rings. The first-order chi connectivity index (χ1) is 31.3. The van der Waals surface area contributed by atoms with Gasteiger partial charge in [-0.05, 0) is 109 Å². The Labute approximate surface area is 382 Å². The van der Waals surface area contributed by atoms with Gasteiger partial charge < -0.3 is 45.5 Å². The third-order valence-corrected chi connectivity index (χ3v) is 11.2. The highest BCUT2D eigenvalue weighted by atomic mass is 19.1. The van der Waals surface area contributed by atoms with Gasteiger partial charge in [0.05, 0.1) is 5.69 Å². The van der Waals surface area contributed by atoms with Crippen molar-refractivity contribution in [3.05, 3.63) is 120 Å². The number of nitrogens with one attached hydrogen (secondary N) is 5. The minimum atomic E-state index is -1.09. The molecule has 66 heavy (non-hydrogen) atoms. The molecule has 15 nitrogen and oxygen atoms in total. The van der Waals surface area contributed by atoms with Crippen molar-refractivity contribution in [2.75, 3.05) is 23.7 Å². The molecule has 1 aromatic heterocycles. The molecule has 6 amide bonds. The maximum Gasteiger partial charge on any atom is 0.408 e. The Morgan fingerprint density at radius 3 is 1.52 bits per heavy atom. The predicted molar refractivity (Wildman–Crippen MR) is 248 cm³/mol. The van der Waals surface area contributed by atoms with Crippen LogP contribution in [0.2, 0.25) is 0 Å². The van der Waals surface area contributed by atoms with Crippen molar-refractivity contribution in [2.45, 2.75) is 103 Å². The fourth-order valence-corrected chi connectivity index (χ4v) is 8.26. The number of carbonyl (C=O) groups excluding carboxylic acids is 6. The first-order valence-corrected chi connectivity index (χ1v) is 22.1. The van der Waals surface area contributed by atoms with Gasteiger partial charge in [-0.2, -0.15) is 0 Å². The molecule has 4 atom stereocenters. The minimum absolute atomic E-state index is 0.195. The molecule has 346 valence electrons. The SMILES string of the molecule is CC(C)(C)OC(=O)N[C@H](C(=O)N1CCC[C@H]1C(=O)Nc1ccc(-c2[nH]c3ccc(NC(=O)[C@@H]4CCCN4C(=O)[C@@H](NC(=O)OC(C)(C)C)c4ccccc4)cc3c2F)cc1)c1ccccc1. The summed E-state index contributed by atoms with van der Waals surface area (Å²) >= 11 is 0. The number of alkyl carbamates (subject to hydrolysis) is 2. The lowest BCUT2D eigenvalue weighted by molar-refractivity contribution is -0.138. The van der Waals surface area contributed by atoms with Crippen molar-refractivity contribution in [3.63, 3.8) is 0 Å². The molecule has 3 heterocycles. The molecule has 5 N–H and O–H groups in total. The molecule has 0 bridgehead atoms. The molecule has 0 aliphatic carbocycles. The molecule has 16 heteroatoms. The average Bonchev–Trinajstić information content (AvgIpc) is 4.04. The van der Waals surface area contributed by atoms with Crippen LogP contribution in [0.5, 0.6) is 0 Å². The van der Waals surface area contributed by atoms with Gasteiger partial charge in [-0.3, -0.25) is 19.2 Å². The summed E-state index contributed by atoms with van der Waals surface area (Å²) in [6.07, 6.45) is 0.454. The smallest absolute Gasteiger partial charge is 0.408 e. The van der Waals surface area contributed by atoms with Gasteiger partial charge in [-0.15, -0.1) is 0 Å². The average molecular weight is 902 g/mol. The number of hydrogen-bond acceptors (Lipinski definition) is 8. The standard InChI is InChI=1S/C50H56FN7O8/c1-49(2,3)65-47(63)55-41(30-15-9-7-10-16-30)45(61)57-27-13-19-37(57)43(59)52-33-23-21-32(22-24-33)40-39(51)35-29-34(25-26-36(35)54-40)53-44(60)38-20-14-28-58(38)46(62)42(31-17-11-8-12-18-31)56-48(64)66-50(4,5)6/h7-12,15-18,21-26,29,37-38,41-42,54H,13-14,19-20,27-28H2,1-6H3,(H,52,59)(H,53,60)(H,55,63)(H,56,64)/t37-,38-,41-,42-/m0/s1. The van der Waals surface area contributed by atoms with E-state index in [0.29, 0.717) is 72.4 Å². The number of nitrogens with zero attached hydrogens (tertiary/aromatic N) is 2. The van der Waals surface area contributed by atoms with Crippen LogP contribution in [0.25, 0.3) is 22.2 Å². The van der Waals surface area contributed by atoms with Crippen molar-refractivity contribution in [1.29, 1.82) is 0 Å². The lowest BCUT2D eigenvalue weighted by Crippen LogP contribution is -2.49. The van der Waals surface area contributed by atoms with Crippen molar-refractivity contribution in [2.24, 2.45) is 0 Å². The molecule has 2 saturated heterocycles. The first-order valence-electron chi connectivity index (χ1n) is 22.1. The zero-order valence-electron chi connectivity index (χ0n) is 37.9. The Morgan fingerprint density at radius 1 is 0.621 bits per heavy atom. The molecule has 0 radical (unpaired) electrons. The Kier molecular flexibility index (Phi) is 13.8. The van der Waals surface area contributed by atoms with E-state index < -0.39 is 77.0 Å². The number of fused-ring (bicyclic) bond motifs is 1. The third-order valence-electron chi connectivity index (χ3n) is 11.2. The number of halogens is 1. The van der Waals surface area contributed by atoms with E-state index in [1.807, 2.05) is 0 Å². The fourth-order valence-electron chi connectivity index (χ4n) is 8.26. The number of anilines is 2. The van der Waals surface area contributed by atoms with E-state index >= 15 is 4.39 Å². The number of ether oxygens (including phenoxy) is 2. The predicted octanol–water partition coefficient (Wildman–Crippen LogP) is 8.37. The number of rotatable bonds is 11. The van der Waals surface area contributed by atoms with Crippen LogP contribution in [0.1, 0.15) is 90.4 Å². The number of aromatic amines is 1. The number of carbonyl (C=O) groups is 6. The summed E-state index contributed by atoms with van der Waals surface area (Å²) in [5.74, 6) is -2.29. The largest absolute Gasteiger partial charge is 0.444 e. The summed E-state index contributed by atoms with van der Waals surface area (Å²) in [5.41, 5.74) is 1.45. The molecule has 0 spiro atoms. The van der Waals surface area contributed by atoms with Crippen LogP contribution >= 0.6 is 0 Å². The van der Waals surface area contributed by atoms with Crippen LogP contribution in [-0.2, 0) is 28.7 Å². The molecule has 0 unspecified atom stereocenters. The van der Waals surface area contributed by atoms with Crippen molar-refractivity contribution in [3.8, 4) is 11.3 Å².